The highest BCUT2D eigenvalue weighted by atomic mass is 79.9. The Balaban J connectivity index is 1.74. The number of halogens is 2. The van der Waals surface area contributed by atoms with Crippen molar-refractivity contribution in [2.24, 2.45) is 0 Å². The van der Waals surface area contributed by atoms with Crippen LogP contribution in [-0.2, 0) is 14.3 Å². The Labute approximate surface area is 146 Å². The zero-order chi connectivity index (χ0) is 16.7. The maximum Gasteiger partial charge on any atom is 0.344 e. The standard InChI is InChI=1S/C16H13BrClNO4/c17-11-4-3-5-12(8-11)19-15(20)9-23-16(21)10-22-14-7-2-1-6-13(14)18/h1-8H,9-10H2,(H,19,20). The van der Waals surface area contributed by atoms with Crippen LogP contribution in [0.2, 0.25) is 5.02 Å². The van der Waals surface area contributed by atoms with E-state index in [-0.39, 0.29) is 6.61 Å². The van der Waals surface area contributed by atoms with Gasteiger partial charge in [-0.15, -0.1) is 0 Å². The summed E-state index contributed by atoms with van der Waals surface area (Å²) in [6, 6.07) is 13.8. The van der Waals surface area contributed by atoms with Crippen molar-refractivity contribution in [2.75, 3.05) is 18.5 Å². The van der Waals surface area contributed by atoms with Gasteiger partial charge < -0.3 is 14.8 Å². The van der Waals surface area contributed by atoms with Gasteiger partial charge in [-0.1, -0.05) is 45.7 Å². The third kappa shape index (κ3) is 5.92. The molecule has 2 aromatic carbocycles. The topological polar surface area (TPSA) is 64.6 Å². The quantitative estimate of drug-likeness (QED) is 0.754. The summed E-state index contributed by atoms with van der Waals surface area (Å²) in [5.41, 5.74) is 0.604. The molecular weight excluding hydrogens is 386 g/mol. The van der Waals surface area contributed by atoms with E-state index in [9.17, 15) is 9.59 Å². The van der Waals surface area contributed by atoms with Crippen LogP contribution in [0.5, 0.6) is 5.75 Å². The van der Waals surface area contributed by atoms with Crippen LogP contribution in [0, 0.1) is 0 Å². The number of nitrogens with one attached hydrogen (secondary N) is 1. The van der Waals surface area contributed by atoms with Crippen LogP contribution in [-0.4, -0.2) is 25.1 Å². The summed E-state index contributed by atoms with van der Waals surface area (Å²) in [5, 5.41) is 3.01. The lowest BCUT2D eigenvalue weighted by molar-refractivity contribution is -0.149. The average molecular weight is 399 g/mol. The van der Waals surface area contributed by atoms with Crippen molar-refractivity contribution < 1.29 is 19.1 Å². The second-order valence-corrected chi connectivity index (χ2v) is 5.76. The highest BCUT2D eigenvalue weighted by Gasteiger charge is 2.10. The van der Waals surface area contributed by atoms with E-state index >= 15 is 0 Å². The smallest absolute Gasteiger partial charge is 0.344 e. The van der Waals surface area contributed by atoms with Gasteiger partial charge in [-0.05, 0) is 30.3 Å². The monoisotopic (exact) mass is 397 g/mol. The van der Waals surface area contributed by atoms with Crippen LogP contribution in [0.4, 0.5) is 5.69 Å². The Morgan fingerprint density at radius 1 is 1.09 bits per heavy atom. The van der Waals surface area contributed by atoms with Crippen LogP contribution in [0.15, 0.2) is 53.0 Å². The van der Waals surface area contributed by atoms with Crippen molar-refractivity contribution in [3.63, 3.8) is 0 Å². The van der Waals surface area contributed by atoms with E-state index < -0.39 is 18.5 Å². The first-order valence-electron chi connectivity index (χ1n) is 6.63. The van der Waals surface area contributed by atoms with Crippen LogP contribution >= 0.6 is 27.5 Å². The molecule has 0 aliphatic carbocycles. The summed E-state index contributed by atoms with van der Waals surface area (Å²) in [7, 11) is 0. The SMILES string of the molecule is O=C(COC(=O)COc1ccccc1Cl)Nc1cccc(Br)c1. The summed E-state index contributed by atoms with van der Waals surface area (Å²) in [6.07, 6.45) is 0. The molecule has 2 rings (SSSR count). The van der Waals surface area contributed by atoms with E-state index in [1.165, 1.54) is 0 Å². The molecule has 0 radical (unpaired) electrons. The fraction of sp³-hybridized carbons (Fsp3) is 0.125. The Morgan fingerprint density at radius 3 is 2.61 bits per heavy atom. The number of para-hydroxylation sites is 1. The summed E-state index contributed by atoms with van der Waals surface area (Å²) in [4.78, 5) is 23.3. The van der Waals surface area contributed by atoms with E-state index in [1.807, 2.05) is 6.07 Å². The van der Waals surface area contributed by atoms with Crippen molar-refractivity contribution in [3.05, 3.63) is 58.0 Å². The van der Waals surface area contributed by atoms with Crippen LogP contribution in [0.3, 0.4) is 0 Å². The molecule has 120 valence electrons. The first kappa shape index (κ1) is 17.3. The molecule has 23 heavy (non-hydrogen) atoms. The molecule has 0 unspecified atom stereocenters. The molecule has 0 aliphatic rings. The molecule has 0 heterocycles. The Kier molecular flexibility index (Phi) is 6.43. The first-order valence-corrected chi connectivity index (χ1v) is 7.80. The molecule has 2 aromatic rings. The lowest BCUT2D eigenvalue weighted by Gasteiger charge is -2.09. The number of carbonyl (C=O) groups is 2. The lowest BCUT2D eigenvalue weighted by atomic mass is 10.3. The number of carbonyl (C=O) groups excluding carboxylic acids is 2. The number of amides is 1. The normalized spacial score (nSPS) is 10.0. The number of anilines is 1. The number of benzene rings is 2. The minimum absolute atomic E-state index is 0.325. The summed E-state index contributed by atoms with van der Waals surface area (Å²) in [5.74, 6) is -0.715. The molecule has 7 heteroatoms. The maximum atomic E-state index is 11.7. The predicted molar refractivity (Wildman–Crippen MR) is 90.7 cm³/mol. The fourth-order valence-electron chi connectivity index (χ4n) is 1.65. The Morgan fingerprint density at radius 2 is 1.87 bits per heavy atom. The summed E-state index contributed by atoms with van der Waals surface area (Å²) in [6.45, 7) is -0.717. The molecular formula is C16H13BrClNO4. The number of rotatable bonds is 6. The third-order valence-corrected chi connectivity index (χ3v) is 3.46. The van der Waals surface area contributed by atoms with Crippen molar-refractivity contribution in [3.8, 4) is 5.75 Å². The molecule has 0 aromatic heterocycles. The maximum absolute atomic E-state index is 11.7. The Hall–Kier alpha value is -2.05. The van der Waals surface area contributed by atoms with Gasteiger partial charge in [-0.2, -0.15) is 0 Å². The molecule has 0 atom stereocenters. The average Bonchev–Trinajstić information content (AvgIpc) is 2.52. The Bertz CT molecular complexity index is 708. The third-order valence-electron chi connectivity index (χ3n) is 2.65. The number of esters is 1. The van der Waals surface area contributed by atoms with Gasteiger partial charge in [-0.3, -0.25) is 4.79 Å². The van der Waals surface area contributed by atoms with Crippen LogP contribution in [0.25, 0.3) is 0 Å². The van der Waals surface area contributed by atoms with Gasteiger partial charge in [0.2, 0.25) is 0 Å². The van der Waals surface area contributed by atoms with E-state index in [4.69, 9.17) is 21.1 Å². The van der Waals surface area contributed by atoms with Crippen molar-refractivity contribution in [1.82, 2.24) is 0 Å². The molecule has 1 N–H and O–H groups in total. The molecule has 0 saturated carbocycles. The van der Waals surface area contributed by atoms with E-state index in [0.29, 0.717) is 16.5 Å². The fourth-order valence-corrected chi connectivity index (χ4v) is 2.24. The zero-order valence-corrected chi connectivity index (χ0v) is 14.3. The van der Waals surface area contributed by atoms with Gasteiger partial charge in [0.25, 0.3) is 5.91 Å². The van der Waals surface area contributed by atoms with Crippen molar-refractivity contribution in [2.45, 2.75) is 0 Å². The second kappa shape index (κ2) is 8.55. The van der Waals surface area contributed by atoms with Gasteiger partial charge in [0.1, 0.15) is 5.75 Å². The number of ether oxygens (including phenoxy) is 2. The van der Waals surface area contributed by atoms with E-state index in [0.717, 1.165) is 4.47 Å². The minimum atomic E-state index is -0.658. The highest BCUT2D eigenvalue weighted by molar-refractivity contribution is 9.10. The molecule has 0 spiro atoms. The van der Waals surface area contributed by atoms with E-state index in [2.05, 4.69) is 21.2 Å². The highest BCUT2D eigenvalue weighted by Crippen LogP contribution is 2.22. The summed E-state index contributed by atoms with van der Waals surface area (Å²) >= 11 is 9.19. The van der Waals surface area contributed by atoms with Gasteiger partial charge >= 0.3 is 5.97 Å². The van der Waals surface area contributed by atoms with Gasteiger partial charge in [0.15, 0.2) is 13.2 Å². The number of hydrogen-bond donors (Lipinski definition) is 1. The van der Waals surface area contributed by atoms with Gasteiger partial charge in [0, 0.05) is 10.2 Å². The van der Waals surface area contributed by atoms with Crippen LogP contribution < -0.4 is 10.1 Å². The summed E-state index contributed by atoms with van der Waals surface area (Å²) < 4.78 is 10.9. The zero-order valence-electron chi connectivity index (χ0n) is 11.9. The van der Waals surface area contributed by atoms with Gasteiger partial charge in [-0.25, -0.2) is 4.79 Å². The minimum Gasteiger partial charge on any atom is -0.480 e. The molecule has 0 aliphatic heterocycles. The first-order chi connectivity index (χ1) is 11.0. The van der Waals surface area contributed by atoms with Crippen LogP contribution in [0.1, 0.15) is 0 Å². The molecule has 0 fully saturated rings. The van der Waals surface area contributed by atoms with E-state index in [1.54, 1.807) is 42.5 Å². The molecule has 0 saturated heterocycles. The molecule has 1 amide bonds. The molecule has 5 nitrogen and oxygen atoms in total. The van der Waals surface area contributed by atoms with Gasteiger partial charge in [0.05, 0.1) is 5.02 Å². The van der Waals surface area contributed by atoms with Crippen molar-refractivity contribution >= 4 is 45.1 Å². The second-order valence-electron chi connectivity index (χ2n) is 4.44. The lowest BCUT2D eigenvalue weighted by Crippen LogP contribution is -2.23. The number of hydrogen-bond acceptors (Lipinski definition) is 4. The molecule has 0 bridgehead atoms. The van der Waals surface area contributed by atoms with Crippen molar-refractivity contribution in [1.29, 1.82) is 0 Å². The predicted octanol–water partition coefficient (Wildman–Crippen LogP) is 3.66. The largest absolute Gasteiger partial charge is 0.480 e.